The number of carbonyl (C=O) groups excluding carboxylic acids is 1. The molecule has 0 spiro atoms. The van der Waals surface area contributed by atoms with Crippen molar-refractivity contribution in [2.45, 2.75) is 32.4 Å². The maximum Gasteiger partial charge on any atom is 0.276 e. The van der Waals surface area contributed by atoms with E-state index in [1.54, 1.807) is 16.9 Å². The SMILES string of the molecule is CCOc1cc(OC)c(-c2cc(C(=O)Nc3c(F)cccc3F)nn2C2CCCCO2)cn1. The van der Waals surface area contributed by atoms with Crippen molar-refractivity contribution >= 4 is 11.6 Å². The smallest absolute Gasteiger partial charge is 0.276 e. The van der Waals surface area contributed by atoms with Crippen molar-refractivity contribution in [3.05, 3.63) is 53.9 Å². The fraction of sp³-hybridized carbons (Fsp3) is 0.348. The van der Waals surface area contributed by atoms with Gasteiger partial charge in [0, 0.05) is 18.9 Å². The van der Waals surface area contributed by atoms with Gasteiger partial charge in [-0.25, -0.2) is 18.4 Å². The molecule has 0 saturated carbocycles. The van der Waals surface area contributed by atoms with E-state index in [0.717, 1.165) is 25.0 Å². The van der Waals surface area contributed by atoms with E-state index in [-0.39, 0.29) is 5.69 Å². The second-order valence-electron chi connectivity index (χ2n) is 7.39. The zero-order valence-electron chi connectivity index (χ0n) is 18.3. The lowest BCUT2D eigenvalue weighted by atomic mass is 10.1. The van der Waals surface area contributed by atoms with Crippen LogP contribution in [0.4, 0.5) is 14.5 Å². The summed E-state index contributed by atoms with van der Waals surface area (Å²) >= 11 is 0. The van der Waals surface area contributed by atoms with Crippen LogP contribution in [0.2, 0.25) is 0 Å². The number of nitrogens with one attached hydrogen (secondary N) is 1. The summed E-state index contributed by atoms with van der Waals surface area (Å²) in [6, 6.07) is 6.52. The monoisotopic (exact) mass is 458 g/mol. The Hall–Kier alpha value is -3.53. The summed E-state index contributed by atoms with van der Waals surface area (Å²) < 4.78 is 46.5. The zero-order chi connectivity index (χ0) is 23.4. The Balaban J connectivity index is 1.74. The van der Waals surface area contributed by atoms with E-state index in [9.17, 15) is 13.6 Å². The third kappa shape index (κ3) is 4.80. The second kappa shape index (κ2) is 9.95. The van der Waals surface area contributed by atoms with Crippen LogP contribution in [0.1, 0.15) is 42.9 Å². The summed E-state index contributed by atoms with van der Waals surface area (Å²) in [5.41, 5.74) is 0.526. The molecule has 0 bridgehead atoms. The molecule has 33 heavy (non-hydrogen) atoms. The van der Waals surface area contributed by atoms with E-state index in [2.05, 4.69) is 15.4 Å². The first-order valence-electron chi connectivity index (χ1n) is 10.7. The van der Waals surface area contributed by atoms with Gasteiger partial charge in [0.1, 0.15) is 23.1 Å². The van der Waals surface area contributed by atoms with E-state index in [0.29, 0.717) is 42.5 Å². The highest BCUT2D eigenvalue weighted by Crippen LogP contribution is 2.36. The lowest BCUT2D eigenvalue weighted by Crippen LogP contribution is -2.21. The number of hydrogen-bond donors (Lipinski definition) is 1. The number of methoxy groups -OCH3 is 1. The molecule has 4 rings (SSSR count). The number of para-hydroxylation sites is 1. The third-order valence-corrected chi connectivity index (χ3v) is 5.23. The van der Waals surface area contributed by atoms with Gasteiger partial charge < -0.3 is 19.5 Å². The molecule has 1 saturated heterocycles. The average Bonchev–Trinajstić information content (AvgIpc) is 3.27. The molecule has 1 N–H and O–H groups in total. The van der Waals surface area contributed by atoms with Crippen molar-refractivity contribution in [3.63, 3.8) is 0 Å². The minimum absolute atomic E-state index is 0.0298. The zero-order valence-corrected chi connectivity index (χ0v) is 18.3. The Bertz CT molecular complexity index is 1130. The summed E-state index contributed by atoms with van der Waals surface area (Å²) in [4.78, 5) is 17.2. The average molecular weight is 458 g/mol. The van der Waals surface area contributed by atoms with Crippen molar-refractivity contribution in [2.75, 3.05) is 25.6 Å². The Kier molecular flexibility index (Phi) is 6.83. The maximum atomic E-state index is 14.0. The van der Waals surface area contributed by atoms with Gasteiger partial charge >= 0.3 is 0 Å². The van der Waals surface area contributed by atoms with Crippen LogP contribution in [0.5, 0.6) is 11.6 Å². The minimum atomic E-state index is -0.879. The standard InChI is InChI=1S/C23H24F2N4O4/c1-3-32-20-12-19(31-2)14(13-26-20)18-11-17(28-29(18)21-9-4-5-10-33-21)23(30)27-22-15(24)7-6-8-16(22)25/h6-8,11-13,21H,3-5,9-10H2,1-2H3,(H,27,30). The number of benzene rings is 1. The number of anilines is 1. The fourth-order valence-corrected chi connectivity index (χ4v) is 3.64. The van der Waals surface area contributed by atoms with Crippen LogP contribution in [0.15, 0.2) is 36.5 Å². The molecular weight excluding hydrogens is 434 g/mol. The van der Waals surface area contributed by atoms with Gasteiger partial charge in [0.05, 0.1) is 25.0 Å². The van der Waals surface area contributed by atoms with Crippen LogP contribution in [0.3, 0.4) is 0 Å². The van der Waals surface area contributed by atoms with Gasteiger partial charge in [-0.3, -0.25) is 4.79 Å². The van der Waals surface area contributed by atoms with Crippen molar-refractivity contribution in [1.29, 1.82) is 0 Å². The largest absolute Gasteiger partial charge is 0.496 e. The number of pyridine rings is 1. The van der Waals surface area contributed by atoms with E-state index in [1.807, 2.05) is 6.92 Å². The molecule has 1 fully saturated rings. The molecule has 8 nitrogen and oxygen atoms in total. The molecule has 1 aliphatic rings. The van der Waals surface area contributed by atoms with Crippen molar-refractivity contribution in [3.8, 4) is 22.9 Å². The Morgan fingerprint density at radius 2 is 2.06 bits per heavy atom. The lowest BCUT2D eigenvalue weighted by molar-refractivity contribution is -0.0384. The molecule has 0 aliphatic carbocycles. The first-order valence-corrected chi connectivity index (χ1v) is 10.7. The van der Waals surface area contributed by atoms with Crippen molar-refractivity contribution in [2.24, 2.45) is 0 Å². The van der Waals surface area contributed by atoms with Crippen LogP contribution in [0.25, 0.3) is 11.3 Å². The highest BCUT2D eigenvalue weighted by atomic mass is 19.1. The summed E-state index contributed by atoms with van der Waals surface area (Å²) in [7, 11) is 1.51. The summed E-state index contributed by atoms with van der Waals surface area (Å²) in [6.45, 7) is 2.85. The summed E-state index contributed by atoms with van der Waals surface area (Å²) in [6.07, 6.45) is 3.73. The maximum absolute atomic E-state index is 14.0. The molecule has 1 atom stereocenters. The Labute approximate surface area is 189 Å². The second-order valence-corrected chi connectivity index (χ2v) is 7.39. The normalized spacial score (nSPS) is 15.8. The van der Waals surface area contributed by atoms with Gasteiger partial charge in [-0.05, 0) is 44.4 Å². The van der Waals surface area contributed by atoms with Gasteiger partial charge in [-0.1, -0.05) is 6.07 Å². The minimum Gasteiger partial charge on any atom is -0.496 e. The molecule has 2 aromatic heterocycles. The number of ether oxygens (including phenoxy) is 3. The number of hydrogen-bond acceptors (Lipinski definition) is 6. The van der Waals surface area contributed by atoms with E-state index in [1.165, 1.54) is 19.2 Å². The highest BCUT2D eigenvalue weighted by Gasteiger charge is 2.26. The number of aromatic nitrogens is 3. The quantitative estimate of drug-likeness (QED) is 0.558. The van der Waals surface area contributed by atoms with E-state index < -0.39 is 29.5 Å². The van der Waals surface area contributed by atoms with Crippen molar-refractivity contribution < 1.29 is 27.8 Å². The predicted molar refractivity (Wildman–Crippen MR) is 116 cm³/mol. The molecule has 1 aliphatic heterocycles. The van der Waals surface area contributed by atoms with Crippen LogP contribution in [-0.2, 0) is 4.74 Å². The number of nitrogens with zero attached hydrogens (tertiary/aromatic N) is 3. The molecule has 10 heteroatoms. The Morgan fingerprint density at radius 3 is 2.73 bits per heavy atom. The molecule has 1 aromatic carbocycles. The van der Waals surface area contributed by atoms with Crippen LogP contribution in [0, 0.1) is 11.6 Å². The number of halogens is 2. The van der Waals surface area contributed by atoms with Crippen LogP contribution in [-0.4, -0.2) is 41.0 Å². The van der Waals surface area contributed by atoms with E-state index in [4.69, 9.17) is 14.2 Å². The van der Waals surface area contributed by atoms with Crippen molar-refractivity contribution in [1.82, 2.24) is 14.8 Å². The van der Waals surface area contributed by atoms with Gasteiger partial charge in [0.2, 0.25) is 5.88 Å². The summed E-state index contributed by atoms with van der Waals surface area (Å²) in [5.74, 6) is -1.65. The highest BCUT2D eigenvalue weighted by molar-refractivity contribution is 6.03. The molecule has 0 radical (unpaired) electrons. The van der Waals surface area contributed by atoms with Crippen LogP contribution < -0.4 is 14.8 Å². The first kappa shape index (κ1) is 22.7. The number of rotatable bonds is 7. The molecule has 3 aromatic rings. The molecule has 174 valence electrons. The van der Waals surface area contributed by atoms with E-state index >= 15 is 0 Å². The molecular formula is C23H24F2N4O4. The summed E-state index contributed by atoms with van der Waals surface area (Å²) in [5, 5.41) is 6.69. The first-order chi connectivity index (χ1) is 16.0. The topological polar surface area (TPSA) is 87.5 Å². The fourth-order valence-electron chi connectivity index (χ4n) is 3.64. The predicted octanol–water partition coefficient (Wildman–Crippen LogP) is 4.58. The van der Waals surface area contributed by atoms with Gasteiger partial charge in [-0.2, -0.15) is 5.10 Å². The third-order valence-electron chi connectivity index (χ3n) is 5.23. The number of amides is 1. The van der Waals surface area contributed by atoms with Gasteiger partial charge in [0.15, 0.2) is 11.9 Å². The molecule has 1 unspecified atom stereocenters. The van der Waals surface area contributed by atoms with Gasteiger partial charge in [-0.15, -0.1) is 0 Å². The Morgan fingerprint density at radius 1 is 1.27 bits per heavy atom. The van der Waals surface area contributed by atoms with Gasteiger partial charge in [0.25, 0.3) is 5.91 Å². The molecule has 3 heterocycles. The van der Waals surface area contributed by atoms with Crippen LogP contribution >= 0.6 is 0 Å². The lowest BCUT2D eigenvalue weighted by Gasteiger charge is -2.24. The number of carbonyl (C=O) groups is 1. The molecule has 1 amide bonds.